The zero-order chi connectivity index (χ0) is 22.1. The molecule has 0 saturated heterocycles. The maximum atomic E-state index is 12.9. The standard InChI is InChI=1S/C27H26N2O3/c30-26(31)14-13-20-19-9-5-2-6-10-23(19)28-25(20)16-22-21-12-11-18(15-24(21)29-27(22)32)17-7-3-1-4-8-17/h1,3-4,7-8,11-12,15-16,28H,2,5-6,9-10,13-14H2,(H,29,32)(H,30,31). The van der Waals surface area contributed by atoms with E-state index in [-0.39, 0.29) is 12.3 Å². The van der Waals surface area contributed by atoms with Crippen molar-refractivity contribution in [2.24, 2.45) is 0 Å². The van der Waals surface area contributed by atoms with Crippen molar-refractivity contribution in [1.29, 1.82) is 0 Å². The number of hydrogen-bond donors (Lipinski definition) is 3. The first-order valence-electron chi connectivity index (χ1n) is 11.3. The molecule has 5 heteroatoms. The van der Waals surface area contributed by atoms with Crippen molar-refractivity contribution in [3.05, 3.63) is 76.6 Å². The fourth-order valence-corrected chi connectivity index (χ4v) is 4.89. The Hall–Kier alpha value is -3.60. The molecule has 3 N–H and O–H groups in total. The lowest BCUT2D eigenvalue weighted by Gasteiger charge is -2.06. The monoisotopic (exact) mass is 426 g/mol. The first kappa shape index (κ1) is 20.3. The molecule has 5 nitrogen and oxygen atoms in total. The molecule has 2 aliphatic rings. The number of H-pyrrole nitrogens is 1. The van der Waals surface area contributed by atoms with Crippen LogP contribution in [0.5, 0.6) is 0 Å². The lowest BCUT2D eigenvalue weighted by Crippen LogP contribution is -2.04. The van der Waals surface area contributed by atoms with Gasteiger partial charge >= 0.3 is 5.97 Å². The van der Waals surface area contributed by atoms with E-state index >= 15 is 0 Å². The number of fused-ring (bicyclic) bond motifs is 2. The van der Waals surface area contributed by atoms with Crippen molar-refractivity contribution < 1.29 is 14.7 Å². The molecule has 162 valence electrons. The molecular formula is C27H26N2O3. The number of carboxylic acid groups (broad SMARTS) is 1. The maximum Gasteiger partial charge on any atom is 0.303 e. The predicted molar refractivity (Wildman–Crippen MR) is 126 cm³/mol. The van der Waals surface area contributed by atoms with Gasteiger partial charge in [-0.05, 0) is 66.5 Å². The fraction of sp³-hybridized carbons (Fsp3) is 0.259. The number of carbonyl (C=O) groups excluding carboxylic acids is 1. The number of aromatic amines is 1. The smallest absolute Gasteiger partial charge is 0.303 e. The van der Waals surface area contributed by atoms with Crippen molar-refractivity contribution in [2.45, 2.75) is 44.9 Å². The summed E-state index contributed by atoms with van der Waals surface area (Å²) >= 11 is 0. The van der Waals surface area contributed by atoms with Gasteiger partial charge in [-0.3, -0.25) is 9.59 Å². The fourth-order valence-electron chi connectivity index (χ4n) is 4.89. The highest BCUT2D eigenvalue weighted by Gasteiger charge is 2.26. The van der Waals surface area contributed by atoms with Gasteiger partial charge in [-0.15, -0.1) is 0 Å². The van der Waals surface area contributed by atoms with E-state index in [1.807, 2.05) is 42.5 Å². The minimum absolute atomic E-state index is 0.0870. The molecule has 2 heterocycles. The zero-order valence-electron chi connectivity index (χ0n) is 17.9. The number of nitrogens with one attached hydrogen (secondary N) is 2. The molecule has 2 aromatic carbocycles. The summed E-state index contributed by atoms with van der Waals surface area (Å²) in [4.78, 5) is 27.7. The van der Waals surface area contributed by atoms with Crippen LogP contribution in [0.1, 0.15) is 53.8 Å². The first-order valence-corrected chi connectivity index (χ1v) is 11.3. The Labute approximate surface area is 187 Å². The quantitative estimate of drug-likeness (QED) is 0.374. The summed E-state index contributed by atoms with van der Waals surface area (Å²) in [6.45, 7) is 0. The minimum atomic E-state index is -0.801. The van der Waals surface area contributed by atoms with Crippen LogP contribution in [0.25, 0.3) is 22.8 Å². The van der Waals surface area contributed by atoms with E-state index in [0.29, 0.717) is 12.0 Å². The average Bonchev–Trinajstić information content (AvgIpc) is 3.17. The molecule has 1 aromatic heterocycles. The number of carbonyl (C=O) groups is 2. The third-order valence-electron chi connectivity index (χ3n) is 6.48. The molecule has 0 bridgehead atoms. The second kappa shape index (κ2) is 8.50. The van der Waals surface area contributed by atoms with E-state index in [0.717, 1.165) is 59.3 Å². The van der Waals surface area contributed by atoms with Crippen LogP contribution in [0, 0.1) is 0 Å². The Balaban J connectivity index is 1.54. The van der Waals surface area contributed by atoms with Crippen LogP contribution >= 0.6 is 0 Å². The number of aromatic nitrogens is 1. The van der Waals surface area contributed by atoms with Gasteiger partial charge in [0.15, 0.2) is 0 Å². The molecule has 0 saturated carbocycles. The Morgan fingerprint density at radius 2 is 1.81 bits per heavy atom. The molecule has 0 radical (unpaired) electrons. The number of benzene rings is 2. The lowest BCUT2D eigenvalue weighted by atomic mass is 9.97. The number of amides is 1. The Kier molecular flexibility index (Phi) is 5.39. The van der Waals surface area contributed by atoms with Crippen molar-refractivity contribution >= 4 is 29.2 Å². The Morgan fingerprint density at radius 1 is 1.00 bits per heavy atom. The highest BCUT2D eigenvalue weighted by Crippen LogP contribution is 2.37. The highest BCUT2D eigenvalue weighted by atomic mass is 16.4. The van der Waals surface area contributed by atoms with Crippen molar-refractivity contribution in [3.63, 3.8) is 0 Å². The van der Waals surface area contributed by atoms with E-state index in [4.69, 9.17) is 0 Å². The number of carboxylic acids is 1. The van der Waals surface area contributed by atoms with Gasteiger partial charge in [-0.25, -0.2) is 0 Å². The summed E-state index contributed by atoms with van der Waals surface area (Å²) < 4.78 is 0. The second-order valence-electron chi connectivity index (χ2n) is 8.57. The third kappa shape index (κ3) is 3.86. The van der Waals surface area contributed by atoms with E-state index in [1.54, 1.807) is 0 Å². The second-order valence-corrected chi connectivity index (χ2v) is 8.57. The lowest BCUT2D eigenvalue weighted by molar-refractivity contribution is -0.137. The topological polar surface area (TPSA) is 82.2 Å². The van der Waals surface area contributed by atoms with Crippen LogP contribution in [0.15, 0.2) is 48.5 Å². The van der Waals surface area contributed by atoms with E-state index in [9.17, 15) is 14.7 Å². The summed E-state index contributed by atoms with van der Waals surface area (Å²) in [6, 6.07) is 16.1. The van der Waals surface area contributed by atoms with Crippen molar-refractivity contribution in [1.82, 2.24) is 4.98 Å². The molecule has 1 aliphatic heterocycles. The Morgan fingerprint density at radius 3 is 2.62 bits per heavy atom. The van der Waals surface area contributed by atoms with Gasteiger partial charge in [-0.1, -0.05) is 48.9 Å². The molecule has 3 aromatic rings. The summed E-state index contributed by atoms with van der Waals surface area (Å²) in [7, 11) is 0. The van der Waals surface area contributed by atoms with Gasteiger partial charge in [0.1, 0.15) is 0 Å². The van der Waals surface area contributed by atoms with Gasteiger partial charge < -0.3 is 15.4 Å². The normalized spacial score (nSPS) is 16.4. The maximum absolute atomic E-state index is 12.9. The molecule has 0 spiro atoms. The summed E-state index contributed by atoms with van der Waals surface area (Å²) in [5, 5.41) is 12.3. The van der Waals surface area contributed by atoms with Crippen LogP contribution in [-0.2, 0) is 28.9 Å². The van der Waals surface area contributed by atoms with Gasteiger partial charge in [-0.2, -0.15) is 0 Å². The van der Waals surface area contributed by atoms with Crippen LogP contribution < -0.4 is 5.32 Å². The molecular weight excluding hydrogens is 400 g/mol. The number of hydrogen-bond acceptors (Lipinski definition) is 2. The molecule has 1 aliphatic carbocycles. The third-order valence-corrected chi connectivity index (χ3v) is 6.48. The molecule has 0 atom stereocenters. The predicted octanol–water partition coefficient (Wildman–Crippen LogP) is 5.46. The van der Waals surface area contributed by atoms with E-state index in [2.05, 4.69) is 22.4 Å². The van der Waals surface area contributed by atoms with Crippen LogP contribution in [0.4, 0.5) is 5.69 Å². The van der Waals surface area contributed by atoms with Crippen LogP contribution in [-0.4, -0.2) is 22.0 Å². The van der Waals surface area contributed by atoms with Crippen LogP contribution in [0.2, 0.25) is 0 Å². The number of aliphatic carboxylic acids is 1. The largest absolute Gasteiger partial charge is 0.481 e. The summed E-state index contributed by atoms with van der Waals surface area (Å²) in [5.74, 6) is -0.927. The zero-order valence-corrected chi connectivity index (χ0v) is 17.9. The minimum Gasteiger partial charge on any atom is -0.481 e. The number of rotatable bonds is 5. The summed E-state index contributed by atoms with van der Waals surface area (Å²) in [6.07, 6.45) is 7.85. The van der Waals surface area contributed by atoms with Crippen molar-refractivity contribution in [2.75, 3.05) is 5.32 Å². The molecule has 5 rings (SSSR count). The SMILES string of the molecule is O=C(O)CCc1c(C=C2C(=O)Nc3cc(-c4ccccc4)ccc32)[nH]c2c1CCCCC2. The van der Waals surface area contributed by atoms with Gasteiger partial charge in [0.25, 0.3) is 5.91 Å². The number of aryl methyl sites for hydroxylation is 1. The Bertz CT molecular complexity index is 1220. The van der Waals surface area contributed by atoms with E-state index < -0.39 is 5.97 Å². The highest BCUT2D eigenvalue weighted by molar-refractivity contribution is 6.35. The van der Waals surface area contributed by atoms with Crippen LogP contribution in [0.3, 0.4) is 0 Å². The van der Waals surface area contributed by atoms with Gasteiger partial charge in [0.2, 0.25) is 0 Å². The number of anilines is 1. The summed E-state index contributed by atoms with van der Waals surface area (Å²) in [5.41, 5.74) is 8.86. The molecule has 32 heavy (non-hydrogen) atoms. The average molecular weight is 427 g/mol. The van der Waals surface area contributed by atoms with Gasteiger partial charge in [0, 0.05) is 29.1 Å². The van der Waals surface area contributed by atoms with Crippen molar-refractivity contribution in [3.8, 4) is 11.1 Å². The van der Waals surface area contributed by atoms with Gasteiger partial charge in [0.05, 0.1) is 5.57 Å². The molecule has 1 amide bonds. The first-order chi connectivity index (χ1) is 15.6. The molecule has 0 unspecified atom stereocenters. The molecule has 0 fully saturated rings. The van der Waals surface area contributed by atoms with E-state index in [1.165, 1.54) is 17.7 Å².